The number of sulfonamides is 1. The van der Waals surface area contributed by atoms with Crippen LogP contribution >= 0.6 is 0 Å². The van der Waals surface area contributed by atoms with Crippen molar-refractivity contribution in [2.45, 2.75) is 32.2 Å². The zero-order valence-electron chi connectivity index (χ0n) is 18.5. The second kappa shape index (κ2) is 8.81. The molecule has 0 aliphatic carbocycles. The Morgan fingerprint density at radius 3 is 2.42 bits per heavy atom. The van der Waals surface area contributed by atoms with Crippen molar-refractivity contribution in [1.82, 2.24) is 9.21 Å². The van der Waals surface area contributed by atoms with Crippen molar-refractivity contribution in [2.24, 2.45) is 5.92 Å². The van der Waals surface area contributed by atoms with Crippen LogP contribution < -0.4 is 4.74 Å². The van der Waals surface area contributed by atoms with Gasteiger partial charge >= 0.3 is 0 Å². The maximum absolute atomic E-state index is 12.6. The van der Waals surface area contributed by atoms with Crippen molar-refractivity contribution in [1.29, 1.82) is 0 Å². The molecule has 0 amide bonds. The van der Waals surface area contributed by atoms with E-state index in [-0.39, 0.29) is 11.7 Å². The number of aromatic hydroxyl groups is 1. The second-order valence-corrected chi connectivity index (χ2v) is 10.8. The van der Waals surface area contributed by atoms with Gasteiger partial charge in [0.15, 0.2) is 0 Å². The molecule has 0 radical (unpaired) electrons. The van der Waals surface area contributed by atoms with Gasteiger partial charge < -0.3 is 9.84 Å². The molecule has 2 aliphatic rings. The van der Waals surface area contributed by atoms with Crippen LogP contribution in [-0.2, 0) is 10.0 Å². The topological polar surface area (TPSA) is 70.1 Å². The first-order chi connectivity index (χ1) is 14.8. The van der Waals surface area contributed by atoms with Crippen LogP contribution in [0.4, 0.5) is 0 Å². The summed E-state index contributed by atoms with van der Waals surface area (Å²) in [6.45, 7) is 8.51. The van der Waals surface area contributed by atoms with Crippen LogP contribution in [0, 0.1) is 5.92 Å². The Balaban J connectivity index is 1.52. The predicted octanol–water partition coefficient (Wildman–Crippen LogP) is 3.58. The number of fused-ring (bicyclic) bond motifs is 1. The van der Waals surface area contributed by atoms with E-state index >= 15 is 0 Å². The van der Waals surface area contributed by atoms with Crippen LogP contribution in [0.25, 0.3) is 0 Å². The highest BCUT2D eigenvalue weighted by molar-refractivity contribution is 7.88. The maximum Gasteiger partial charge on any atom is 0.212 e. The van der Waals surface area contributed by atoms with Crippen molar-refractivity contribution >= 4 is 10.0 Å². The minimum atomic E-state index is -3.41. The summed E-state index contributed by atoms with van der Waals surface area (Å²) in [5.74, 6) is 1.83. The van der Waals surface area contributed by atoms with E-state index in [0.717, 1.165) is 48.0 Å². The van der Waals surface area contributed by atoms with Crippen LogP contribution in [-0.4, -0.2) is 61.8 Å². The van der Waals surface area contributed by atoms with Crippen molar-refractivity contribution in [3.8, 4) is 11.5 Å². The summed E-state index contributed by atoms with van der Waals surface area (Å²) in [6, 6.07) is 12.5. The number of nitrogens with zero attached hydrogens (tertiary/aromatic N) is 2. The Morgan fingerprint density at radius 1 is 1.06 bits per heavy atom. The number of rotatable bonds is 7. The van der Waals surface area contributed by atoms with Crippen molar-refractivity contribution in [3.05, 3.63) is 59.2 Å². The normalized spacial score (nSPS) is 22.7. The summed E-state index contributed by atoms with van der Waals surface area (Å²) >= 11 is 0. The second-order valence-electron chi connectivity index (χ2n) is 8.90. The summed E-state index contributed by atoms with van der Waals surface area (Å²) in [5, 5.41) is 9.95. The number of hydrogen-bond donors (Lipinski definition) is 1. The van der Waals surface area contributed by atoms with Gasteiger partial charge in [-0.3, -0.25) is 4.90 Å². The van der Waals surface area contributed by atoms with Gasteiger partial charge in [0.25, 0.3) is 0 Å². The van der Waals surface area contributed by atoms with Gasteiger partial charge in [0.05, 0.1) is 12.3 Å². The molecule has 4 rings (SSSR count). The molecule has 0 bridgehead atoms. The van der Waals surface area contributed by atoms with Gasteiger partial charge in [0.1, 0.15) is 18.1 Å². The van der Waals surface area contributed by atoms with Gasteiger partial charge in [-0.2, -0.15) is 4.31 Å². The van der Waals surface area contributed by atoms with Crippen LogP contribution in [0.1, 0.15) is 48.9 Å². The highest BCUT2D eigenvalue weighted by Crippen LogP contribution is 2.42. The van der Waals surface area contributed by atoms with Crippen molar-refractivity contribution in [3.63, 3.8) is 0 Å². The van der Waals surface area contributed by atoms with E-state index in [4.69, 9.17) is 4.74 Å². The molecule has 6 nitrogen and oxygen atoms in total. The van der Waals surface area contributed by atoms with Gasteiger partial charge in [0.2, 0.25) is 10.0 Å². The number of phenolic OH excluding ortho intramolecular Hbond substituents is 1. The Labute approximate surface area is 185 Å². The molecule has 0 unspecified atom stereocenters. The lowest BCUT2D eigenvalue weighted by atomic mass is 9.84. The number of ether oxygens (including phenoxy) is 1. The van der Waals surface area contributed by atoms with Gasteiger partial charge in [0, 0.05) is 26.2 Å². The summed E-state index contributed by atoms with van der Waals surface area (Å²) < 4.78 is 32.7. The summed E-state index contributed by atoms with van der Waals surface area (Å²) in [5.41, 5.74) is 2.80. The maximum atomic E-state index is 12.6. The minimum Gasteiger partial charge on any atom is -0.508 e. The van der Waals surface area contributed by atoms with E-state index < -0.39 is 16.1 Å². The standard InChI is InChI=1S/C24H32N2O4S/c1-4-18-15-25(16-18)11-12-30-21-8-5-19(6-9-21)24-22-10-7-20(27)13-23(22)17(2)14-26(24)31(3,28)29/h5-10,13,17-18,24,27H,4,11-12,14-16H2,1-3H3/t17-,24-/m0/s1. The van der Waals surface area contributed by atoms with Crippen LogP contribution in [0.5, 0.6) is 11.5 Å². The minimum absolute atomic E-state index is 0.00416. The third-order valence-corrected chi connectivity index (χ3v) is 7.76. The molecular weight excluding hydrogens is 412 g/mol. The molecule has 2 heterocycles. The zero-order chi connectivity index (χ0) is 22.2. The fourth-order valence-electron chi connectivity index (χ4n) is 4.70. The molecule has 0 saturated carbocycles. The smallest absolute Gasteiger partial charge is 0.212 e. The molecule has 31 heavy (non-hydrogen) atoms. The Morgan fingerprint density at radius 2 is 1.77 bits per heavy atom. The van der Waals surface area contributed by atoms with Gasteiger partial charge in [-0.1, -0.05) is 38.5 Å². The summed E-state index contributed by atoms with van der Waals surface area (Å²) in [7, 11) is -3.41. The average molecular weight is 445 g/mol. The number of benzene rings is 2. The molecule has 0 aromatic heterocycles. The van der Waals surface area contributed by atoms with E-state index in [1.165, 1.54) is 12.7 Å². The van der Waals surface area contributed by atoms with E-state index in [0.29, 0.717) is 13.2 Å². The van der Waals surface area contributed by atoms with E-state index in [1.807, 2.05) is 37.3 Å². The Kier molecular flexibility index (Phi) is 6.28. The average Bonchev–Trinajstić information content (AvgIpc) is 2.70. The highest BCUT2D eigenvalue weighted by Gasteiger charge is 2.37. The predicted molar refractivity (Wildman–Crippen MR) is 122 cm³/mol. The first-order valence-corrected chi connectivity index (χ1v) is 12.9. The molecule has 1 fully saturated rings. The molecule has 7 heteroatoms. The fourth-order valence-corrected chi connectivity index (χ4v) is 5.81. The first-order valence-electron chi connectivity index (χ1n) is 11.0. The largest absolute Gasteiger partial charge is 0.508 e. The van der Waals surface area contributed by atoms with E-state index in [1.54, 1.807) is 16.4 Å². The van der Waals surface area contributed by atoms with Crippen LogP contribution in [0.2, 0.25) is 0 Å². The monoisotopic (exact) mass is 444 g/mol. The third kappa shape index (κ3) is 4.73. The molecule has 1 N–H and O–H groups in total. The van der Waals surface area contributed by atoms with Crippen LogP contribution in [0.3, 0.4) is 0 Å². The van der Waals surface area contributed by atoms with Gasteiger partial charge in [-0.05, 0) is 52.8 Å². The molecule has 2 aromatic carbocycles. The van der Waals surface area contributed by atoms with Crippen LogP contribution in [0.15, 0.2) is 42.5 Å². The number of phenols is 1. The number of likely N-dealkylation sites (tertiary alicyclic amines) is 1. The first kappa shape index (κ1) is 22.1. The zero-order valence-corrected chi connectivity index (χ0v) is 19.3. The molecule has 2 aliphatic heterocycles. The molecule has 1 saturated heterocycles. The number of hydrogen-bond acceptors (Lipinski definition) is 5. The Bertz CT molecular complexity index is 1020. The lowest BCUT2D eigenvalue weighted by Crippen LogP contribution is -2.47. The van der Waals surface area contributed by atoms with E-state index in [9.17, 15) is 13.5 Å². The van der Waals surface area contributed by atoms with E-state index in [2.05, 4.69) is 11.8 Å². The molecule has 2 aromatic rings. The molecule has 0 spiro atoms. The third-order valence-electron chi connectivity index (χ3n) is 6.55. The lowest BCUT2D eigenvalue weighted by molar-refractivity contribution is 0.0806. The molecule has 168 valence electrons. The van der Waals surface area contributed by atoms with Gasteiger partial charge in [-0.15, -0.1) is 0 Å². The lowest BCUT2D eigenvalue weighted by Gasteiger charge is -2.39. The highest BCUT2D eigenvalue weighted by atomic mass is 32.2. The summed E-state index contributed by atoms with van der Waals surface area (Å²) in [4.78, 5) is 2.40. The summed E-state index contributed by atoms with van der Waals surface area (Å²) in [6.07, 6.45) is 2.50. The Hall–Kier alpha value is -2.09. The molecular formula is C24H32N2O4S. The van der Waals surface area contributed by atoms with Crippen molar-refractivity contribution < 1.29 is 18.3 Å². The SMILES string of the molecule is CCC1CN(CCOc2ccc([C@H]3c4ccc(O)cc4[C@@H](C)CN3S(C)(=O)=O)cc2)C1. The quantitative estimate of drug-likeness (QED) is 0.707. The van der Waals surface area contributed by atoms with Gasteiger partial charge in [-0.25, -0.2) is 8.42 Å². The van der Waals surface area contributed by atoms with Crippen molar-refractivity contribution in [2.75, 3.05) is 39.0 Å². The fraction of sp³-hybridized carbons (Fsp3) is 0.500. The molecule has 2 atom stereocenters.